The van der Waals surface area contributed by atoms with E-state index in [1.54, 1.807) is 6.92 Å². The molecule has 5 nitrogen and oxygen atoms in total. The first-order chi connectivity index (χ1) is 10.5. The fourth-order valence-electron chi connectivity index (χ4n) is 2.60. The van der Waals surface area contributed by atoms with Crippen molar-refractivity contribution in [1.82, 2.24) is 4.31 Å². The zero-order valence-electron chi connectivity index (χ0n) is 12.2. The quantitative estimate of drug-likeness (QED) is 0.902. The number of hydrogen-bond acceptors (Lipinski definition) is 3. The number of alkyl halides is 3. The summed E-state index contributed by atoms with van der Waals surface area (Å²) in [5, 5.41) is 9.05. The van der Waals surface area contributed by atoms with Crippen molar-refractivity contribution in [3.63, 3.8) is 0 Å². The van der Waals surface area contributed by atoms with Crippen LogP contribution in [0.1, 0.15) is 12.5 Å². The molecule has 0 radical (unpaired) electrons. The predicted molar refractivity (Wildman–Crippen MR) is 75.2 cm³/mol. The van der Waals surface area contributed by atoms with E-state index in [9.17, 15) is 26.4 Å². The lowest BCUT2D eigenvalue weighted by Gasteiger charge is -2.16. The monoisotopic (exact) mass is 351 g/mol. The number of benzene rings is 1. The van der Waals surface area contributed by atoms with Crippen molar-refractivity contribution in [3.05, 3.63) is 29.8 Å². The molecule has 1 saturated heterocycles. The molecule has 0 unspecified atom stereocenters. The molecule has 0 aliphatic carbocycles. The molecule has 128 valence electrons. The SMILES string of the molecule is C[C@@H]1CN(S(=O)(=O)c2ccc(CC(F)(F)F)cc2)C[C@H]1C(=O)O. The van der Waals surface area contributed by atoms with Crippen molar-refractivity contribution < 1.29 is 31.5 Å². The molecule has 1 aromatic rings. The average molecular weight is 351 g/mol. The standard InChI is InChI=1S/C14H16F3NO4S/c1-9-7-18(8-12(9)13(19)20)23(21,22)11-4-2-10(3-5-11)6-14(15,16)17/h2-5,9,12H,6-8H2,1H3,(H,19,20)/t9-,12-/m1/s1. The fraction of sp³-hybridized carbons (Fsp3) is 0.500. The van der Waals surface area contributed by atoms with Gasteiger partial charge in [0.25, 0.3) is 0 Å². The second-order valence-corrected chi connectivity index (χ2v) is 7.62. The Morgan fingerprint density at radius 3 is 2.26 bits per heavy atom. The minimum Gasteiger partial charge on any atom is -0.481 e. The largest absolute Gasteiger partial charge is 0.481 e. The molecule has 0 amide bonds. The summed E-state index contributed by atoms with van der Waals surface area (Å²) in [4.78, 5) is 10.9. The summed E-state index contributed by atoms with van der Waals surface area (Å²) in [5.74, 6) is -2.17. The number of aliphatic carboxylic acids is 1. The Morgan fingerprint density at radius 1 is 1.26 bits per heavy atom. The van der Waals surface area contributed by atoms with Gasteiger partial charge in [0, 0.05) is 13.1 Å². The molecule has 0 spiro atoms. The van der Waals surface area contributed by atoms with Crippen LogP contribution in [-0.2, 0) is 21.2 Å². The normalized spacial score (nSPS) is 23.1. The molecular formula is C14H16F3NO4S. The van der Waals surface area contributed by atoms with Gasteiger partial charge in [-0.25, -0.2) is 8.42 Å². The number of carboxylic acid groups (broad SMARTS) is 1. The van der Waals surface area contributed by atoms with Gasteiger partial charge in [0.1, 0.15) is 0 Å². The first kappa shape index (κ1) is 17.7. The summed E-state index contributed by atoms with van der Waals surface area (Å²) in [6.45, 7) is 1.59. The van der Waals surface area contributed by atoms with Crippen LogP contribution < -0.4 is 0 Å². The number of nitrogens with zero attached hydrogens (tertiary/aromatic N) is 1. The highest BCUT2D eigenvalue weighted by atomic mass is 32.2. The zero-order chi connectivity index (χ0) is 17.4. The number of carboxylic acids is 1. The molecule has 0 aromatic heterocycles. The molecule has 0 bridgehead atoms. The lowest BCUT2D eigenvalue weighted by Crippen LogP contribution is -2.30. The van der Waals surface area contributed by atoms with Crippen LogP contribution in [0.15, 0.2) is 29.2 Å². The molecule has 2 atom stereocenters. The third-order valence-corrected chi connectivity index (χ3v) is 5.71. The molecule has 1 heterocycles. The fourth-order valence-corrected chi connectivity index (χ4v) is 4.17. The van der Waals surface area contributed by atoms with E-state index in [0.29, 0.717) is 0 Å². The van der Waals surface area contributed by atoms with Crippen molar-refractivity contribution in [2.75, 3.05) is 13.1 Å². The molecule has 23 heavy (non-hydrogen) atoms. The number of hydrogen-bond donors (Lipinski definition) is 1. The van der Waals surface area contributed by atoms with Gasteiger partial charge in [-0.05, 0) is 23.6 Å². The van der Waals surface area contributed by atoms with E-state index < -0.39 is 34.5 Å². The maximum Gasteiger partial charge on any atom is 0.393 e. The Bertz CT molecular complexity index is 685. The van der Waals surface area contributed by atoms with E-state index in [0.717, 1.165) is 28.6 Å². The highest BCUT2D eigenvalue weighted by Crippen LogP contribution is 2.29. The molecule has 1 aliphatic rings. The van der Waals surface area contributed by atoms with E-state index in [-0.39, 0.29) is 29.5 Å². The summed E-state index contributed by atoms with van der Waals surface area (Å²) in [6, 6.07) is 4.48. The lowest BCUT2D eigenvalue weighted by atomic mass is 9.99. The van der Waals surface area contributed by atoms with Crippen LogP contribution in [0.3, 0.4) is 0 Å². The highest BCUT2D eigenvalue weighted by molar-refractivity contribution is 7.89. The molecule has 1 aliphatic heterocycles. The number of halogens is 3. The van der Waals surface area contributed by atoms with Crippen molar-refractivity contribution in [2.45, 2.75) is 24.4 Å². The van der Waals surface area contributed by atoms with Crippen molar-refractivity contribution in [2.24, 2.45) is 11.8 Å². The van der Waals surface area contributed by atoms with Crippen LogP contribution in [0.2, 0.25) is 0 Å². The highest BCUT2D eigenvalue weighted by Gasteiger charge is 2.40. The Morgan fingerprint density at radius 2 is 1.83 bits per heavy atom. The Hall–Kier alpha value is -1.61. The van der Waals surface area contributed by atoms with Crippen molar-refractivity contribution in [1.29, 1.82) is 0 Å². The van der Waals surface area contributed by atoms with Gasteiger partial charge >= 0.3 is 12.1 Å². The summed E-state index contributed by atoms with van der Waals surface area (Å²) in [5.41, 5.74) is -0.0327. The first-order valence-electron chi connectivity index (χ1n) is 6.89. The summed E-state index contributed by atoms with van der Waals surface area (Å²) in [7, 11) is -3.91. The lowest BCUT2D eigenvalue weighted by molar-refractivity contribution is -0.142. The topological polar surface area (TPSA) is 74.7 Å². The summed E-state index contributed by atoms with van der Waals surface area (Å²) < 4.78 is 62.9. The molecular weight excluding hydrogens is 335 g/mol. The van der Waals surface area contributed by atoms with E-state index in [1.165, 1.54) is 0 Å². The van der Waals surface area contributed by atoms with Gasteiger partial charge in [-0.3, -0.25) is 4.79 Å². The second-order valence-electron chi connectivity index (χ2n) is 5.68. The number of sulfonamides is 1. The first-order valence-corrected chi connectivity index (χ1v) is 8.33. The third kappa shape index (κ3) is 4.03. The van der Waals surface area contributed by atoms with Gasteiger partial charge in [0.15, 0.2) is 0 Å². The second kappa shape index (κ2) is 6.12. The van der Waals surface area contributed by atoms with Gasteiger partial charge in [-0.2, -0.15) is 17.5 Å². The Kier molecular flexibility index (Phi) is 4.72. The smallest absolute Gasteiger partial charge is 0.393 e. The third-order valence-electron chi connectivity index (χ3n) is 3.86. The average Bonchev–Trinajstić information content (AvgIpc) is 2.80. The maximum atomic E-state index is 12.5. The molecule has 1 N–H and O–H groups in total. The van der Waals surface area contributed by atoms with Gasteiger partial charge in [-0.1, -0.05) is 19.1 Å². The van der Waals surface area contributed by atoms with Crippen LogP contribution in [0.25, 0.3) is 0 Å². The predicted octanol–water partition coefficient (Wildman–Crippen LogP) is 2.13. The minimum absolute atomic E-state index is 0.0327. The van der Waals surface area contributed by atoms with Gasteiger partial charge in [-0.15, -0.1) is 0 Å². The van der Waals surface area contributed by atoms with Crippen molar-refractivity contribution in [3.8, 4) is 0 Å². The van der Waals surface area contributed by atoms with E-state index in [2.05, 4.69) is 0 Å². The Labute approximate surface area is 131 Å². The Balaban J connectivity index is 2.19. The minimum atomic E-state index is -4.36. The molecule has 1 aromatic carbocycles. The van der Waals surface area contributed by atoms with Gasteiger partial charge < -0.3 is 5.11 Å². The van der Waals surface area contributed by atoms with Gasteiger partial charge in [0.2, 0.25) is 10.0 Å². The van der Waals surface area contributed by atoms with E-state index in [1.807, 2.05) is 0 Å². The molecule has 0 saturated carbocycles. The maximum absolute atomic E-state index is 12.5. The summed E-state index contributed by atoms with van der Waals surface area (Å²) in [6.07, 6.45) is -5.49. The van der Waals surface area contributed by atoms with Crippen LogP contribution in [0.5, 0.6) is 0 Å². The number of carbonyl (C=O) groups is 1. The van der Waals surface area contributed by atoms with Crippen LogP contribution >= 0.6 is 0 Å². The molecule has 2 rings (SSSR count). The van der Waals surface area contributed by atoms with E-state index >= 15 is 0 Å². The van der Waals surface area contributed by atoms with Crippen molar-refractivity contribution >= 4 is 16.0 Å². The molecule has 1 fully saturated rings. The van der Waals surface area contributed by atoms with E-state index in [4.69, 9.17) is 5.11 Å². The summed E-state index contributed by atoms with van der Waals surface area (Å²) >= 11 is 0. The van der Waals surface area contributed by atoms with Crippen LogP contribution in [0, 0.1) is 11.8 Å². The zero-order valence-corrected chi connectivity index (χ0v) is 13.1. The number of rotatable bonds is 4. The van der Waals surface area contributed by atoms with Crippen LogP contribution in [0.4, 0.5) is 13.2 Å². The van der Waals surface area contributed by atoms with Crippen LogP contribution in [-0.4, -0.2) is 43.1 Å². The molecule has 9 heteroatoms. The van der Waals surface area contributed by atoms with Gasteiger partial charge in [0.05, 0.1) is 17.2 Å².